The van der Waals surface area contributed by atoms with Gasteiger partial charge in [0.05, 0.1) is 5.54 Å². The minimum absolute atomic E-state index is 0.0741. The van der Waals surface area contributed by atoms with Crippen LogP contribution in [0.2, 0.25) is 0 Å². The summed E-state index contributed by atoms with van der Waals surface area (Å²) in [5, 5.41) is 14.0. The lowest BCUT2D eigenvalue weighted by atomic mass is 10.1. The fourth-order valence-electron chi connectivity index (χ4n) is 3.14. The van der Waals surface area contributed by atoms with Crippen LogP contribution in [0, 0.1) is 0 Å². The summed E-state index contributed by atoms with van der Waals surface area (Å²) in [7, 11) is -3.57. The quantitative estimate of drug-likeness (QED) is 0.484. The minimum atomic E-state index is -3.57. The molecule has 0 saturated heterocycles. The maximum Gasteiger partial charge on any atom is 0.409 e. The number of carbonyl (C=O) groups excluding carboxylic acids is 1. The molecule has 9 heteroatoms. The predicted molar refractivity (Wildman–Crippen MR) is 115 cm³/mol. The normalized spacial score (nSPS) is 17.3. The number of amides is 2. The summed E-state index contributed by atoms with van der Waals surface area (Å²) in [4.78, 5) is 24.1. The van der Waals surface area contributed by atoms with E-state index in [9.17, 15) is 18.7 Å². The van der Waals surface area contributed by atoms with Crippen LogP contribution in [0.4, 0.5) is 16.2 Å². The molecule has 1 aliphatic heterocycles. The Kier molecular flexibility index (Phi) is 5.31. The molecule has 2 aromatic carbocycles. The maximum atomic E-state index is 13.2. The molecule has 0 aromatic heterocycles. The van der Waals surface area contributed by atoms with Gasteiger partial charge in [-0.05, 0) is 45.0 Å². The highest BCUT2D eigenvalue weighted by Gasteiger charge is 2.49. The summed E-state index contributed by atoms with van der Waals surface area (Å²) < 4.78 is 23.2. The molecule has 1 aliphatic rings. The van der Waals surface area contributed by atoms with Crippen LogP contribution in [-0.2, 0) is 4.79 Å². The number of carboxylic acid groups (broad SMARTS) is 1. The van der Waals surface area contributed by atoms with Gasteiger partial charge in [0.25, 0.3) is 5.91 Å². The fraction of sp³-hybridized carbons (Fsp3) is 0.200. The summed E-state index contributed by atoms with van der Waals surface area (Å²) in [6.07, 6.45) is -1.18. The van der Waals surface area contributed by atoms with Crippen LogP contribution in [0.3, 0.4) is 0 Å². The molecule has 154 valence electrons. The van der Waals surface area contributed by atoms with Crippen LogP contribution in [-0.4, -0.2) is 36.1 Å². The molecule has 1 heterocycles. The minimum Gasteiger partial charge on any atom is -0.465 e. The van der Waals surface area contributed by atoms with E-state index in [1.807, 2.05) is 0 Å². The SMILES string of the molecule is CC(C)(C)N1C(=O)C(Nc2ccc(NC(=O)O)cc2)=C(c2ccccc2)S1(O)O. The Bertz CT molecular complexity index is 966. The highest BCUT2D eigenvalue weighted by atomic mass is 32.3. The van der Waals surface area contributed by atoms with Crippen molar-refractivity contribution in [1.29, 1.82) is 0 Å². The van der Waals surface area contributed by atoms with Crippen LogP contribution >= 0.6 is 10.8 Å². The van der Waals surface area contributed by atoms with E-state index >= 15 is 0 Å². The highest BCUT2D eigenvalue weighted by Crippen LogP contribution is 2.64. The van der Waals surface area contributed by atoms with Crippen molar-refractivity contribution >= 4 is 39.1 Å². The summed E-state index contributed by atoms with van der Waals surface area (Å²) in [6, 6.07) is 15.0. The van der Waals surface area contributed by atoms with Gasteiger partial charge < -0.3 is 10.4 Å². The van der Waals surface area contributed by atoms with Crippen molar-refractivity contribution in [3.05, 3.63) is 65.9 Å². The van der Waals surface area contributed by atoms with Crippen molar-refractivity contribution in [2.24, 2.45) is 0 Å². The number of carbonyl (C=O) groups is 2. The molecule has 0 unspecified atom stereocenters. The largest absolute Gasteiger partial charge is 0.465 e. The zero-order valence-corrected chi connectivity index (χ0v) is 17.0. The van der Waals surface area contributed by atoms with Crippen LogP contribution < -0.4 is 10.6 Å². The second kappa shape index (κ2) is 7.43. The third kappa shape index (κ3) is 4.07. The Balaban J connectivity index is 2.06. The molecule has 3 rings (SSSR count). The zero-order chi connectivity index (χ0) is 21.4. The van der Waals surface area contributed by atoms with Crippen LogP contribution in [0.1, 0.15) is 26.3 Å². The van der Waals surface area contributed by atoms with Crippen molar-refractivity contribution in [2.45, 2.75) is 26.3 Å². The third-order valence-corrected chi connectivity index (χ3v) is 6.41. The number of benzene rings is 2. The van der Waals surface area contributed by atoms with E-state index < -0.39 is 28.3 Å². The van der Waals surface area contributed by atoms with Crippen LogP contribution in [0.5, 0.6) is 0 Å². The van der Waals surface area contributed by atoms with E-state index in [0.717, 1.165) is 4.31 Å². The molecule has 0 saturated carbocycles. The van der Waals surface area contributed by atoms with Gasteiger partial charge in [-0.25, -0.2) is 9.10 Å². The molecular weight excluding hydrogens is 394 g/mol. The van der Waals surface area contributed by atoms with E-state index in [2.05, 4.69) is 10.6 Å². The monoisotopic (exact) mass is 417 g/mol. The van der Waals surface area contributed by atoms with E-state index in [4.69, 9.17) is 5.11 Å². The first-order valence-electron chi connectivity index (χ1n) is 8.81. The smallest absolute Gasteiger partial charge is 0.409 e. The Morgan fingerprint density at radius 2 is 1.52 bits per heavy atom. The molecule has 0 spiro atoms. The van der Waals surface area contributed by atoms with Gasteiger partial charge in [-0.15, -0.1) is 0 Å². The third-order valence-electron chi connectivity index (χ3n) is 4.20. The molecule has 2 amide bonds. The van der Waals surface area contributed by atoms with Crippen molar-refractivity contribution in [3.8, 4) is 0 Å². The van der Waals surface area contributed by atoms with Gasteiger partial charge in [0.15, 0.2) is 0 Å². The molecule has 0 fully saturated rings. The standard InChI is InChI=1S/C20H23N3O5S/c1-20(2,3)23-18(24)16(17(29(23,27)28)13-7-5-4-6-8-13)21-14-9-11-15(12-10-14)22-19(25)26/h4-12,21-22,27-28H,1-3H3,(H,25,26). The molecule has 0 radical (unpaired) electrons. The van der Waals surface area contributed by atoms with Crippen molar-refractivity contribution in [2.75, 3.05) is 10.6 Å². The Morgan fingerprint density at radius 1 is 0.966 bits per heavy atom. The first kappa shape index (κ1) is 20.7. The zero-order valence-electron chi connectivity index (χ0n) is 16.2. The molecule has 8 nitrogen and oxygen atoms in total. The molecule has 5 N–H and O–H groups in total. The van der Waals surface area contributed by atoms with Crippen molar-refractivity contribution in [1.82, 2.24) is 4.31 Å². The molecule has 0 aliphatic carbocycles. The van der Waals surface area contributed by atoms with Gasteiger partial charge in [0.2, 0.25) is 0 Å². The van der Waals surface area contributed by atoms with E-state index in [1.54, 1.807) is 63.2 Å². The first-order valence-corrected chi connectivity index (χ1v) is 10.3. The summed E-state index contributed by atoms with van der Waals surface area (Å²) >= 11 is 0. The van der Waals surface area contributed by atoms with Gasteiger partial charge in [-0.3, -0.25) is 19.2 Å². The molecule has 2 aromatic rings. The van der Waals surface area contributed by atoms with Gasteiger partial charge in [-0.2, -0.15) is 0 Å². The number of nitrogens with zero attached hydrogens (tertiary/aromatic N) is 1. The average molecular weight is 417 g/mol. The van der Waals surface area contributed by atoms with Crippen molar-refractivity contribution < 1.29 is 23.8 Å². The first-order chi connectivity index (χ1) is 13.5. The van der Waals surface area contributed by atoms with Crippen LogP contribution in [0.25, 0.3) is 4.91 Å². The van der Waals surface area contributed by atoms with Crippen molar-refractivity contribution in [3.63, 3.8) is 0 Å². The molecule has 0 atom stereocenters. The second-order valence-electron chi connectivity index (χ2n) is 7.49. The highest BCUT2D eigenvalue weighted by molar-refractivity contribution is 8.31. The number of hydrogen-bond donors (Lipinski definition) is 5. The van der Waals surface area contributed by atoms with E-state index in [0.29, 0.717) is 16.9 Å². The van der Waals surface area contributed by atoms with Gasteiger partial charge in [0, 0.05) is 16.9 Å². The molecule has 0 bridgehead atoms. The fourth-order valence-corrected chi connectivity index (χ4v) is 5.27. The average Bonchev–Trinajstić information content (AvgIpc) is 2.81. The van der Waals surface area contributed by atoms with E-state index in [-0.39, 0.29) is 10.6 Å². The number of hydrogen-bond acceptors (Lipinski definition) is 5. The van der Waals surface area contributed by atoms with E-state index in [1.165, 1.54) is 12.1 Å². The lowest BCUT2D eigenvalue weighted by Gasteiger charge is -2.45. The Morgan fingerprint density at radius 3 is 2.03 bits per heavy atom. The summed E-state index contributed by atoms with van der Waals surface area (Å²) in [6.45, 7) is 5.20. The number of anilines is 2. The Labute approximate surface area is 170 Å². The number of rotatable bonds is 4. The van der Waals surface area contributed by atoms with Crippen LogP contribution in [0.15, 0.2) is 60.3 Å². The number of nitrogens with one attached hydrogen (secondary N) is 2. The van der Waals surface area contributed by atoms with Gasteiger partial charge in [0.1, 0.15) is 10.6 Å². The molecule has 29 heavy (non-hydrogen) atoms. The topological polar surface area (TPSA) is 122 Å². The van der Waals surface area contributed by atoms with Gasteiger partial charge in [-0.1, -0.05) is 41.1 Å². The lowest BCUT2D eigenvalue weighted by Crippen LogP contribution is -2.44. The van der Waals surface area contributed by atoms with Gasteiger partial charge >= 0.3 is 6.09 Å². The predicted octanol–water partition coefficient (Wildman–Crippen LogP) is 4.86. The summed E-state index contributed by atoms with van der Waals surface area (Å²) in [5.74, 6) is -0.524. The summed E-state index contributed by atoms with van der Waals surface area (Å²) in [5.41, 5.74) is 0.654. The second-order valence-corrected chi connectivity index (χ2v) is 9.30. The Hall–Kier alpha value is -3.01. The maximum absolute atomic E-state index is 13.2. The lowest BCUT2D eigenvalue weighted by molar-refractivity contribution is -0.125. The molecular formula is C20H23N3O5S.